The molecule has 1 N–H and O–H groups in total. The van der Waals surface area contributed by atoms with Gasteiger partial charge in [0.25, 0.3) is 0 Å². The summed E-state index contributed by atoms with van der Waals surface area (Å²) in [5.74, 6) is 1.63. The number of benzene rings is 1. The number of nitrogens with one attached hydrogen (secondary N) is 1. The molecule has 0 radical (unpaired) electrons. The second-order valence-corrected chi connectivity index (χ2v) is 4.69. The van der Waals surface area contributed by atoms with Crippen LogP contribution < -0.4 is 10.1 Å². The molecule has 0 aliphatic heterocycles. The Labute approximate surface area is 105 Å². The molecular formula is C15H25NO. The molecule has 0 saturated heterocycles. The topological polar surface area (TPSA) is 21.3 Å². The highest BCUT2D eigenvalue weighted by molar-refractivity contribution is 5.48. The van der Waals surface area contributed by atoms with Gasteiger partial charge in [-0.1, -0.05) is 33.3 Å². The highest BCUT2D eigenvalue weighted by Crippen LogP contribution is 2.20. The van der Waals surface area contributed by atoms with E-state index in [1.54, 1.807) is 0 Å². The zero-order valence-electron chi connectivity index (χ0n) is 11.5. The van der Waals surface area contributed by atoms with Gasteiger partial charge in [-0.2, -0.15) is 0 Å². The van der Waals surface area contributed by atoms with Gasteiger partial charge in [0.2, 0.25) is 0 Å². The average molecular weight is 235 g/mol. The summed E-state index contributed by atoms with van der Waals surface area (Å²) in [6.07, 6.45) is 2.24. The van der Waals surface area contributed by atoms with Gasteiger partial charge < -0.3 is 10.1 Å². The first-order valence-corrected chi connectivity index (χ1v) is 6.66. The van der Waals surface area contributed by atoms with Crippen molar-refractivity contribution in [1.29, 1.82) is 0 Å². The van der Waals surface area contributed by atoms with Gasteiger partial charge in [-0.15, -0.1) is 0 Å². The SMILES string of the molecule is CCCOc1cccc(NC(C)C(C)CC)c1. The number of hydrogen-bond donors (Lipinski definition) is 1. The van der Waals surface area contributed by atoms with E-state index in [1.165, 1.54) is 6.42 Å². The van der Waals surface area contributed by atoms with Crippen LogP contribution in [0.3, 0.4) is 0 Å². The van der Waals surface area contributed by atoms with Crippen molar-refractivity contribution in [2.75, 3.05) is 11.9 Å². The quantitative estimate of drug-likeness (QED) is 0.760. The van der Waals surface area contributed by atoms with Gasteiger partial charge in [0.15, 0.2) is 0 Å². The Morgan fingerprint density at radius 3 is 2.65 bits per heavy atom. The zero-order valence-corrected chi connectivity index (χ0v) is 11.5. The maximum absolute atomic E-state index is 5.62. The summed E-state index contributed by atoms with van der Waals surface area (Å²) in [6, 6.07) is 8.71. The molecule has 17 heavy (non-hydrogen) atoms. The Hall–Kier alpha value is -1.18. The van der Waals surface area contributed by atoms with Gasteiger partial charge in [-0.25, -0.2) is 0 Å². The molecule has 0 saturated carbocycles. The summed E-state index contributed by atoms with van der Waals surface area (Å²) < 4.78 is 5.62. The maximum atomic E-state index is 5.62. The molecule has 0 heterocycles. The van der Waals surface area contributed by atoms with Crippen molar-refractivity contribution < 1.29 is 4.74 Å². The maximum Gasteiger partial charge on any atom is 0.121 e. The second-order valence-electron chi connectivity index (χ2n) is 4.69. The Morgan fingerprint density at radius 1 is 1.24 bits per heavy atom. The first kappa shape index (κ1) is 13.9. The van der Waals surface area contributed by atoms with Crippen LogP contribution in [0.5, 0.6) is 5.75 Å². The van der Waals surface area contributed by atoms with E-state index in [0.29, 0.717) is 12.0 Å². The molecule has 0 aliphatic rings. The Balaban J connectivity index is 2.58. The molecule has 0 bridgehead atoms. The predicted molar refractivity (Wildman–Crippen MR) is 74.8 cm³/mol. The van der Waals surface area contributed by atoms with Crippen LogP contribution >= 0.6 is 0 Å². The fraction of sp³-hybridized carbons (Fsp3) is 0.600. The number of rotatable bonds is 7. The molecule has 0 spiro atoms. The molecule has 1 aromatic carbocycles. The van der Waals surface area contributed by atoms with Crippen LogP contribution in [0.25, 0.3) is 0 Å². The molecule has 0 fully saturated rings. The van der Waals surface area contributed by atoms with Crippen molar-refractivity contribution in [2.24, 2.45) is 5.92 Å². The van der Waals surface area contributed by atoms with Crippen molar-refractivity contribution in [3.8, 4) is 5.75 Å². The molecule has 1 aromatic rings. The Kier molecular flexibility index (Phi) is 5.88. The summed E-state index contributed by atoms with van der Waals surface area (Å²) >= 11 is 0. The van der Waals surface area contributed by atoms with Gasteiger partial charge in [0, 0.05) is 17.8 Å². The minimum absolute atomic E-state index is 0.487. The molecule has 0 aliphatic carbocycles. The average Bonchev–Trinajstić information content (AvgIpc) is 2.35. The lowest BCUT2D eigenvalue weighted by atomic mass is 10.0. The van der Waals surface area contributed by atoms with E-state index in [0.717, 1.165) is 24.5 Å². The van der Waals surface area contributed by atoms with Crippen molar-refractivity contribution >= 4 is 5.69 Å². The van der Waals surface area contributed by atoms with Crippen LogP contribution in [0.2, 0.25) is 0 Å². The van der Waals surface area contributed by atoms with Crippen LogP contribution in [0.1, 0.15) is 40.5 Å². The van der Waals surface area contributed by atoms with Crippen LogP contribution in [0.15, 0.2) is 24.3 Å². The molecular weight excluding hydrogens is 210 g/mol. The normalized spacial score (nSPS) is 14.1. The molecule has 2 nitrogen and oxygen atoms in total. The van der Waals surface area contributed by atoms with Gasteiger partial charge in [-0.3, -0.25) is 0 Å². The largest absolute Gasteiger partial charge is 0.494 e. The van der Waals surface area contributed by atoms with Gasteiger partial charge in [0.05, 0.1) is 6.61 Å². The minimum Gasteiger partial charge on any atom is -0.494 e. The highest BCUT2D eigenvalue weighted by Gasteiger charge is 2.09. The van der Waals surface area contributed by atoms with Crippen LogP contribution in [0.4, 0.5) is 5.69 Å². The van der Waals surface area contributed by atoms with E-state index in [9.17, 15) is 0 Å². The van der Waals surface area contributed by atoms with E-state index in [-0.39, 0.29) is 0 Å². The fourth-order valence-corrected chi connectivity index (χ4v) is 1.65. The van der Waals surface area contributed by atoms with Crippen molar-refractivity contribution in [3.05, 3.63) is 24.3 Å². The summed E-state index contributed by atoms with van der Waals surface area (Å²) in [5, 5.41) is 3.53. The molecule has 96 valence electrons. The Bertz CT molecular complexity index is 324. The smallest absolute Gasteiger partial charge is 0.121 e. The lowest BCUT2D eigenvalue weighted by molar-refractivity contribution is 0.317. The van der Waals surface area contributed by atoms with E-state index >= 15 is 0 Å². The monoisotopic (exact) mass is 235 g/mol. The number of ether oxygens (including phenoxy) is 1. The third kappa shape index (κ3) is 4.68. The fourth-order valence-electron chi connectivity index (χ4n) is 1.65. The van der Waals surface area contributed by atoms with E-state index in [1.807, 2.05) is 12.1 Å². The predicted octanol–water partition coefficient (Wildman–Crippen LogP) is 4.32. The van der Waals surface area contributed by atoms with Gasteiger partial charge in [-0.05, 0) is 31.4 Å². The zero-order chi connectivity index (χ0) is 12.7. The van der Waals surface area contributed by atoms with E-state index in [2.05, 4.69) is 45.1 Å². The molecule has 0 aromatic heterocycles. The van der Waals surface area contributed by atoms with Crippen LogP contribution in [0, 0.1) is 5.92 Å². The molecule has 0 amide bonds. The molecule has 2 atom stereocenters. The first-order valence-electron chi connectivity index (χ1n) is 6.66. The standard InChI is InChI=1S/C15H25NO/c1-5-10-17-15-9-7-8-14(11-15)16-13(4)12(3)6-2/h7-9,11-13,16H,5-6,10H2,1-4H3. The van der Waals surface area contributed by atoms with E-state index < -0.39 is 0 Å². The van der Waals surface area contributed by atoms with Gasteiger partial charge in [0.1, 0.15) is 5.75 Å². The number of anilines is 1. The molecule has 2 heteroatoms. The first-order chi connectivity index (χ1) is 8.17. The lowest BCUT2D eigenvalue weighted by Gasteiger charge is -2.21. The lowest BCUT2D eigenvalue weighted by Crippen LogP contribution is -2.23. The van der Waals surface area contributed by atoms with E-state index in [4.69, 9.17) is 4.74 Å². The third-order valence-electron chi connectivity index (χ3n) is 3.20. The summed E-state index contributed by atoms with van der Waals surface area (Å²) in [5.41, 5.74) is 1.14. The summed E-state index contributed by atoms with van der Waals surface area (Å²) in [4.78, 5) is 0. The summed E-state index contributed by atoms with van der Waals surface area (Å²) in [7, 11) is 0. The Morgan fingerprint density at radius 2 is 2.00 bits per heavy atom. The van der Waals surface area contributed by atoms with Gasteiger partial charge >= 0.3 is 0 Å². The van der Waals surface area contributed by atoms with Crippen LogP contribution in [-0.2, 0) is 0 Å². The number of hydrogen-bond acceptors (Lipinski definition) is 2. The highest BCUT2D eigenvalue weighted by atomic mass is 16.5. The second kappa shape index (κ2) is 7.21. The van der Waals surface area contributed by atoms with Crippen molar-refractivity contribution in [1.82, 2.24) is 0 Å². The third-order valence-corrected chi connectivity index (χ3v) is 3.20. The van der Waals surface area contributed by atoms with Crippen molar-refractivity contribution in [2.45, 2.75) is 46.6 Å². The summed E-state index contributed by atoms with van der Waals surface area (Å²) in [6.45, 7) is 9.63. The minimum atomic E-state index is 0.487. The molecule has 2 unspecified atom stereocenters. The molecule has 1 rings (SSSR count). The van der Waals surface area contributed by atoms with Crippen LogP contribution in [-0.4, -0.2) is 12.6 Å². The van der Waals surface area contributed by atoms with Crippen molar-refractivity contribution in [3.63, 3.8) is 0 Å².